The molecule has 6 rings (SSSR count). The van der Waals surface area contributed by atoms with E-state index in [2.05, 4.69) is 39.0 Å². The van der Waals surface area contributed by atoms with Crippen molar-refractivity contribution in [1.29, 1.82) is 0 Å². The van der Waals surface area contributed by atoms with Crippen molar-refractivity contribution in [2.24, 2.45) is 11.0 Å². The summed E-state index contributed by atoms with van der Waals surface area (Å²) < 4.78 is 16.8. The van der Waals surface area contributed by atoms with E-state index in [9.17, 15) is 4.39 Å². The van der Waals surface area contributed by atoms with E-state index in [1.807, 2.05) is 30.5 Å². The first-order chi connectivity index (χ1) is 15.6. The molecule has 166 valence electrons. The van der Waals surface area contributed by atoms with Gasteiger partial charge in [-0.2, -0.15) is 5.10 Å². The van der Waals surface area contributed by atoms with Crippen molar-refractivity contribution < 1.29 is 4.39 Å². The van der Waals surface area contributed by atoms with E-state index in [4.69, 9.17) is 5.10 Å². The van der Waals surface area contributed by atoms with E-state index in [-0.39, 0.29) is 12.0 Å². The second kappa shape index (κ2) is 7.59. The maximum Gasteiger partial charge on any atom is 0.134 e. The minimum Gasteiger partial charge on any atom is -0.316 e. The average Bonchev–Trinajstić information content (AvgIpc) is 3.53. The van der Waals surface area contributed by atoms with Gasteiger partial charge in [0.25, 0.3) is 0 Å². The molecule has 1 aliphatic carbocycles. The van der Waals surface area contributed by atoms with Crippen molar-refractivity contribution in [3.8, 4) is 5.69 Å². The molecule has 1 saturated carbocycles. The molecule has 0 bridgehead atoms. The topological polar surface area (TPSA) is 48.7 Å². The summed E-state index contributed by atoms with van der Waals surface area (Å²) in [6.45, 7) is 4.20. The van der Waals surface area contributed by atoms with Gasteiger partial charge in [-0.3, -0.25) is 9.99 Å². The van der Waals surface area contributed by atoms with Gasteiger partial charge in [-0.15, -0.1) is 0 Å². The Morgan fingerprint density at radius 3 is 2.75 bits per heavy atom. The van der Waals surface area contributed by atoms with E-state index >= 15 is 0 Å². The van der Waals surface area contributed by atoms with Crippen molar-refractivity contribution >= 4 is 22.4 Å². The fraction of sp³-hybridized carbons (Fsp3) is 0.440. The smallest absolute Gasteiger partial charge is 0.134 e. The Bertz CT molecular complexity index is 1190. The van der Waals surface area contributed by atoms with Gasteiger partial charge < -0.3 is 14.8 Å². The van der Waals surface area contributed by atoms with Gasteiger partial charge in [0.05, 0.1) is 23.1 Å². The van der Waals surface area contributed by atoms with E-state index in [1.165, 1.54) is 23.8 Å². The molecule has 1 aromatic carbocycles. The van der Waals surface area contributed by atoms with Gasteiger partial charge in [-0.25, -0.2) is 4.39 Å². The number of benzene rings is 1. The van der Waals surface area contributed by atoms with Crippen LogP contribution in [0.25, 0.3) is 16.6 Å². The molecule has 0 radical (unpaired) electrons. The minimum atomic E-state index is -0.230. The second-order valence-corrected chi connectivity index (χ2v) is 9.33. The van der Waals surface area contributed by atoms with Gasteiger partial charge in [0.15, 0.2) is 0 Å². The second-order valence-electron chi connectivity index (χ2n) is 9.33. The zero-order valence-corrected chi connectivity index (χ0v) is 18.6. The van der Waals surface area contributed by atoms with Crippen LogP contribution >= 0.6 is 0 Å². The summed E-state index contributed by atoms with van der Waals surface area (Å²) in [5.74, 6) is 1.76. The zero-order chi connectivity index (χ0) is 21.8. The van der Waals surface area contributed by atoms with E-state index < -0.39 is 0 Å². The van der Waals surface area contributed by atoms with Gasteiger partial charge in [-0.05, 0) is 74.9 Å². The number of nitrogens with one attached hydrogen (secondary N) is 1. The third-order valence-electron chi connectivity index (χ3n) is 7.20. The van der Waals surface area contributed by atoms with Crippen molar-refractivity contribution in [3.63, 3.8) is 0 Å². The highest BCUT2D eigenvalue weighted by atomic mass is 19.1. The average molecular weight is 433 g/mol. The van der Waals surface area contributed by atoms with E-state index in [0.717, 1.165) is 48.7 Å². The standard InChI is InChI=1S/C25H29FN6/c1-16-30(2)29-25(17-5-6-17)32(16)23-12-19(26)7-8-22(23)31-15-21(18-4-3-10-27-13-18)20-9-11-28-14-24(20)31/h7-9,11-12,14-18,27H,3-6,10,13H2,1-2H3. The summed E-state index contributed by atoms with van der Waals surface area (Å²) in [6, 6.07) is 7.23. The maximum atomic E-state index is 14.6. The molecule has 7 heteroatoms. The quantitative estimate of drug-likeness (QED) is 0.662. The number of hydrazone groups is 1. The molecule has 2 aromatic heterocycles. The van der Waals surface area contributed by atoms with Crippen LogP contribution in [0, 0.1) is 11.7 Å². The molecule has 2 unspecified atom stereocenters. The van der Waals surface area contributed by atoms with Crippen LogP contribution in [0.4, 0.5) is 10.1 Å². The number of fused-ring (bicyclic) bond motifs is 1. The van der Waals surface area contributed by atoms with Gasteiger partial charge in [-0.1, -0.05) is 0 Å². The lowest BCUT2D eigenvalue weighted by molar-refractivity contribution is 0.304. The fourth-order valence-corrected chi connectivity index (χ4v) is 5.23. The van der Waals surface area contributed by atoms with Crippen LogP contribution in [0.5, 0.6) is 0 Å². The third-order valence-corrected chi connectivity index (χ3v) is 7.20. The van der Waals surface area contributed by atoms with Crippen molar-refractivity contribution in [2.75, 3.05) is 25.0 Å². The number of aromatic nitrogens is 2. The Balaban J connectivity index is 1.52. The van der Waals surface area contributed by atoms with Crippen LogP contribution in [-0.2, 0) is 0 Å². The SMILES string of the molecule is CC1N(C)N=C(C2CC2)N1c1cc(F)ccc1-n1cc(C2CCCNC2)c2ccncc21. The first-order valence-corrected chi connectivity index (χ1v) is 11.7. The number of hydrogen-bond acceptors (Lipinski definition) is 5. The minimum absolute atomic E-state index is 0.0353. The molecule has 0 spiro atoms. The van der Waals surface area contributed by atoms with Crippen molar-refractivity contribution in [2.45, 2.75) is 44.7 Å². The summed E-state index contributed by atoms with van der Waals surface area (Å²) in [5, 5.41) is 11.6. The molecule has 6 nitrogen and oxygen atoms in total. The summed E-state index contributed by atoms with van der Waals surface area (Å²) in [4.78, 5) is 6.65. The summed E-state index contributed by atoms with van der Waals surface area (Å²) in [7, 11) is 2.00. The van der Waals surface area contributed by atoms with Gasteiger partial charge in [0.2, 0.25) is 0 Å². The number of rotatable bonds is 4. The number of piperidine rings is 1. The molecular formula is C25H29FN6. The highest BCUT2D eigenvalue weighted by Crippen LogP contribution is 2.41. The Kier molecular flexibility index (Phi) is 4.68. The van der Waals surface area contributed by atoms with Crippen molar-refractivity contribution in [1.82, 2.24) is 19.9 Å². The number of hydrogen-bond donors (Lipinski definition) is 1. The summed E-state index contributed by atoms with van der Waals surface area (Å²) >= 11 is 0. The first kappa shape index (κ1) is 19.7. The molecule has 1 saturated heterocycles. The fourth-order valence-electron chi connectivity index (χ4n) is 5.23. The number of halogens is 1. The predicted octanol–water partition coefficient (Wildman–Crippen LogP) is 4.45. The molecule has 2 aliphatic heterocycles. The largest absolute Gasteiger partial charge is 0.316 e. The number of nitrogens with zero attached hydrogens (tertiary/aromatic N) is 5. The van der Waals surface area contributed by atoms with E-state index in [1.54, 1.807) is 12.1 Å². The summed E-state index contributed by atoms with van der Waals surface area (Å²) in [6.07, 6.45) is 10.7. The maximum absolute atomic E-state index is 14.6. The highest BCUT2D eigenvalue weighted by molar-refractivity contribution is 6.04. The molecule has 0 amide bonds. The lowest BCUT2D eigenvalue weighted by atomic mass is 9.92. The third kappa shape index (κ3) is 3.18. The van der Waals surface area contributed by atoms with Crippen LogP contribution in [0.2, 0.25) is 0 Å². The molecule has 4 heterocycles. The normalized spacial score (nSPS) is 23.8. The van der Waals surface area contributed by atoms with Crippen LogP contribution in [0.15, 0.2) is 48.0 Å². The van der Waals surface area contributed by atoms with Gasteiger partial charge >= 0.3 is 0 Å². The molecule has 3 aromatic rings. The lowest BCUT2D eigenvalue weighted by Crippen LogP contribution is -2.40. The van der Waals surface area contributed by atoms with Gasteiger partial charge in [0, 0.05) is 37.3 Å². The Hall–Kier alpha value is -2.93. The van der Waals surface area contributed by atoms with E-state index in [0.29, 0.717) is 11.8 Å². The lowest BCUT2D eigenvalue weighted by Gasteiger charge is -2.29. The molecule has 3 aliphatic rings. The van der Waals surface area contributed by atoms with Crippen LogP contribution in [0.3, 0.4) is 0 Å². The molecule has 1 N–H and O–H groups in total. The Morgan fingerprint density at radius 2 is 1.97 bits per heavy atom. The molecule has 32 heavy (non-hydrogen) atoms. The van der Waals surface area contributed by atoms with Crippen LogP contribution < -0.4 is 10.2 Å². The highest BCUT2D eigenvalue weighted by Gasteiger charge is 2.40. The number of pyridine rings is 1. The van der Waals surface area contributed by atoms with Crippen LogP contribution in [-0.4, -0.2) is 46.7 Å². The zero-order valence-electron chi connectivity index (χ0n) is 18.6. The van der Waals surface area contributed by atoms with Gasteiger partial charge in [0.1, 0.15) is 17.8 Å². The number of amidine groups is 1. The monoisotopic (exact) mass is 432 g/mol. The predicted molar refractivity (Wildman–Crippen MR) is 126 cm³/mol. The summed E-state index contributed by atoms with van der Waals surface area (Å²) in [5.41, 5.74) is 4.23. The molecule has 2 atom stereocenters. The van der Waals surface area contributed by atoms with Crippen LogP contribution in [0.1, 0.15) is 44.1 Å². The van der Waals surface area contributed by atoms with Crippen molar-refractivity contribution in [3.05, 3.63) is 54.2 Å². The Morgan fingerprint density at radius 1 is 1.09 bits per heavy atom. The number of anilines is 1. The first-order valence-electron chi connectivity index (χ1n) is 11.7. The Labute approximate surface area is 187 Å². The molecular weight excluding hydrogens is 403 g/mol. The molecule has 2 fully saturated rings.